The van der Waals surface area contributed by atoms with Gasteiger partial charge in [0.2, 0.25) is 0 Å². The molecule has 0 radical (unpaired) electrons. The number of hydrogen-bond donors (Lipinski definition) is 2. The van der Waals surface area contributed by atoms with E-state index < -0.39 is 17.9 Å². The van der Waals surface area contributed by atoms with Gasteiger partial charge in [0.1, 0.15) is 0 Å². The van der Waals surface area contributed by atoms with Gasteiger partial charge in [-0.25, -0.2) is 0 Å². The molecule has 1 unspecified atom stereocenters. The number of carbonyl (C=O) groups is 2. The van der Waals surface area contributed by atoms with Gasteiger partial charge in [-0.15, -0.1) is 0 Å². The zero-order valence-electron chi connectivity index (χ0n) is 9.43. The molecule has 2 N–H and O–H groups in total. The smallest absolute Gasteiger partial charge is 0.317 e. The van der Waals surface area contributed by atoms with Crippen molar-refractivity contribution in [1.29, 1.82) is 0 Å². The number of carboxylic acid groups (broad SMARTS) is 2. The monoisotopic (exact) mass is 217 g/mol. The summed E-state index contributed by atoms with van der Waals surface area (Å²) in [5, 5.41) is 17.4. The third-order valence-corrected chi connectivity index (χ3v) is 2.61. The Balaban J connectivity index is 4.40. The van der Waals surface area contributed by atoms with Gasteiger partial charge in [0.05, 0.1) is 0 Å². The minimum absolute atomic E-state index is 0.0304. The highest BCUT2D eigenvalue weighted by Crippen LogP contribution is 2.12. The lowest BCUT2D eigenvalue weighted by atomic mass is 10.00. The van der Waals surface area contributed by atoms with Crippen LogP contribution in [0, 0.1) is 5.92 Å². The van der Waals surface area contributed by atoms with Crippen LogP contribution in [-0.2, 0) is 9.59 Å². The minimum Gasteiger partial charge on any atom is -0.481 e. The first-order valence-corrected chi connectivity index (χ1v) is 5.13. The van der Waals surface area contributed by atoms with E-state index in [1.807, 2.05) is 25.7 Å². The minimum atomic E-state index is -1.31. The summed E-state index contributed by atoms with van der Waals surface area (Å²) in [5.41, 5.74) is 0. The van der Waals surface area contributed by atoms with E-state index >= 15 is 0 Å². The van der Waals surface area contributed by atoms with Gasteiger partial charge in [-0.3, -0.25) is 9.59 Å². The normalized spacial score (nSPS) is 13.1. The predicted octanol–water partition coefficient (Wildman–Crippen LogP) is 0.892. The highest BCUT2D eigenvalue weighted by atomic mass is 16.4. The van der Waals surface area contributed by atoms with Crippen LogP contribution in [0.3, 0.4) is 0 Å². The molecule has 0 aliphatic heterocycles. The molecule has 0 heterocycles. The van der Waals surface area contributed by atoms with E-state index in [2.05, 4.69) is 0 Å². The molecule has 0 spiro atoms. The summed E-state index contributed by atoms with van der Waals surface area (Å²) in [7, 11) is 0. The number of hydrogen-bond acceptors (Lipinski definition) is 3. The van der Waals surface area contributed by atoms with Gasteiger partial charge < -0.3 is 15.1 Å². The van der Waals surface area contributed by atoms with E-state index in [0.29, 0.717) is 0 Å². The van der Waals surface area contributed by atoms with Gasteiger partial charge in [0.25, 0.3) is 0 Å². The van der Waals surface area contributed by atoms with Crippen LogP contribution < -0.4 is 0 Å². The Hall–Kier alpha value is -1.10. The SMILES string of the molecule is CCN(CC)C(C)CC(C(=O)O)C(=O)O. The fourth-order valence-electron chi connectivity index (χ4n) is 1.64. The van der Waals surface area contributed by atoms with Crippen LogP contribution in [0.4, 0.5) is 0 Å². The van der Waals surface area contributed by atoms with Crippen LogP contribution in [0.1, 0.15) is 27.2 Å². The van der Waals surface area contributed by atoms with Crippen LogP contribution in [0.5, 0.6) is 0 Å². The fraction of sp³-hybridized carbons (Fsp3) is 0.800. The van der Waals surface area contributed by atoms with Crippen molar-refractivity contribution < 1.29 is 19.8 Å². The molecule has 0 aromatic carbocycles. The number of rotatable bonds is 7. The van der Waals surface area contributed by atoms with E-state index in [1.165, 1.54) is 0 Å². The molecule has 88 valence electrons. The molecule has 15 heavy (non-hydrogen) atoms. The van der Waals surface area contributed by atoms with E-state index in [9.17, 15) is 9.59 Å². The van der Waals surface area contributed by atoms with Gasteiger partial charge in [-0.05, 0) is 26.4 Å². The highest BCUT2D eigenvalue weighted by Gasteiger charge is 2.29. The van der Waals surface area contributed by atoms with Crippen molar-refractivity contribution in [3.8, 4) is 0 Å². The van der Waals surface area contributed by atoms with E-state index in [4.69, 9.17) is 10.2 Å². The summed E-state index contributed by atoms with van der Waals surface area (Å²) in [6, 6.07) is -0.0304. The Morgan fingerprint density at radius 1 is 1.13 bits per heavy atom. The maximum atomic E-state index is 10.7. The van der Waals surface area contributed by atoms with E-state index in [-0.39, 0.29) is 12.5 Å². The lowest BCUT2D eigenvalue weighted by Gasteiger charge is -2.27. The summed E-state index contributed by atoms with van der Waals surface area (Å²) < 4.78 is 0. The second-order valence-electron chi connectivity index (χ2n) is 3.53. The van der Waals surface area contributed by atoms with Gasteiger partial charge in [-0.2, -0.15) is 0 Å². The highest BCUT2D eigenvalue weighted by molar-refractivity contribution is 5.92. The van der Waals surface area contributed by atoms with Gasteiger partial charge >= 0.3 is 11.9 Å². The van der Waals surface area contributed by atoms with Gasteiger partial charge in [-0.1, -0.05) is 13.8 Å². The van der Waals surface area contributed by atoms with Crippen LogP contribution in [0.2, 0.25) is 0 Å². The second kappa shape index (κ2) is 6.40. The summed E-state index contributed by atoms with van der Waals surface area (Å²) in [4.78, 5) is 23.4. The Labute approximate surface area is 89.7 Å². The second-order valence-corrected chi connectivity index (χ2v) is 3.53. The Bertz CT molecular complexity index is 211. The molecular weight excluding hydrogens is 198 g/mol. The Morgan fingerprint density at radius 2 is 1.53 bits per heavy atom. The largest absolute Gasteiger partial charge is 0.481 e. The molecule has 5 heteroatoms. The van der Waals surface area contributed by atoms with Gasteiger partial charge in [0, 0.05) is 6.04 Å². The van der Waals surface area contributed by atoms with Crippen LogP contribution in [0.25, 0.3) is 0 Å². The molecule has 0 rings (SSSR count). The molecule has 0 bridgehead atoms. The average molecular weight is 217 g/mol. The molecule has 0 aliphatic rings. The van der Waals surface area contributed by atoms with Crippen LogP contribution in [-0.4, -0.2) is 46.2 Å². The molecule has 5 nitrogen and oxygen atoms in total. The summed E-state index contributed by atoms with van der Waals surface area (Å²) >= 11 is 0. The van der Waals surface area contributed by atoms with Gasteiger partial charge in [0.15, 0.2) is 5.92 Å². The third-order valence-electron chi connectivity index (χ3n) is 2.61. The zero-order chi connectivity index (χ0) is 12.0. The lowest BCUT2D eigenvalue weighted by molar-refractivity contribution is -0.155. The molecule has 0 saturated heterocycles. The number of nitrogens with zero attached hydrogens (tertiary/aromatic N) is 1. The van der Waals surface area contributed by atoms with Crippen molar-refractivity contribution in [2.75, 3.05) is 13.1 Å². The summed E-state index contributed by atoms with van der Waals surface area (Å²) in [6.07, 6.45) is 0.145. The third kappa shape index (κ3) is 4.29. The average Bonchev–Trinajstić information content (AvgIpc) is 2.15. The lowest BCUT2D eigenvalue weighted by Crippen LogP contribution is -2.37. The zero-order valence-corrected chi connectivity index (χ0v) is 9.43. The summed E-state index contributed by atoms with van der Waals surface area (Å²) in [5.74, 6) is -3.83. The molecule has 0 fully saturated rings. The fourth-order valence-corrected chi connectivity index (χ4v) is 1.64. The molecule has 1 atom stereocenters. The topological polar surface area (TPSA) is 77.8 Å². The van der Waals surface area contributed by atoms with E-state index in [0.717, 1.165) is 13.1 Å². The molecule has 0 aromatic rings. The predicted molar refractivity (Wildman–Crippen MR) is 55.8 cm³/mol. The van der Waals surface area contributed by atoms with Crippen molar-refractivity contribution >= 4 is 11.9 Å². The van der Waals surface area contributed by atoms with Crippen molar-refractivity contribution in [3.63, 3.8) is 0 Å². The van der Waals surface area contributed by atoms with E-state index in [1.54, 1.807) is 0 Å². The van der Waals surface area contributed by atoms with Crippen molar-refractivity contribution in [3.05, 3.63) is 0 Å². The number of carboxylic acids is 2. The first-order chi connectivity index (χ1) is 6.93. The molecular formula is C10H19NO4. The molecule has 0 amide bonds. The molecule has 0 aromatic heterocycles. The molecule has 0 aliphatic carbocycles. The van der Waals surface area contributed by atoms with Crippen molar-refractivity contribution in [2.45, 2.75) is 33.2 Å². The standard InChI is InChI=1S/C10H19NO4/c1-4-11(5-2)7(3)6-8(9(12)13)10(14)15/h7-8H,4-6H2,1-3H3,(H,12,13)(H,14,15). The molecule has 0 saturated carbocycles. The summed E-state index contributed by atoms with van der Waals surface area (Å²) in [6.45, 7) is 7.38. The quantitative estimate of drug-likeness (QED) is 0.619. The first kappa shape index (κ1) is 13.9. The maximum Gasteiger partial charge on any atom is 0.317 e. The van der Waals surface area contributed by atoms with Crippen LogP contribution in [0.15, 0.2) is 0 Å². The van der Waals surface area contributed by atoms with Crippen LogP contribution >= 0.6 is 0 Å². The Kier molecular flexibility index (Phi) is 5.93. The van der Waals surface area contributed by atoms with Crippen molar-refractivity contribution in [2.24, 2.45) is 5.92 Å². The number of aliphatic carboxylic acids is 2. The van der Waals surface area contributed by atoms with Crippen molar-refractivity contribution in [1.82, 2.24) is 4.90 Å². The first-order valence-electron chi connectivity index (χ1n) is 5.13. The Morgan fingerprint density at radius 3 is 1.80 bits per heavy atom. The maximum absolute atomic E-state index is 10.7.